The van der Waals surface area contributed by atoms with Gasteiger partial charge in [0.25, 0.3) is 0 Å². The van der Waals surface area contributed by atoms with Gasteiger partial charge in [-0.15, -0.1) is 0 Å². The third kappa shape index (κ3) is 2.84. The number of hydrogen-bond acceptors (Lipinski definition) is 4. The first-order valence-electron chi connectivity index (χ1n) is 3.64. The minimum Gasteiger partial charge on any atom is -0.463 e. The Morgan fingerprint density at radius 1 is 1.83 bits per heavy atom. The van der Waals surface area contributed by atoms with E-state index in [4.69, 9.17) is 9.47 Å². The molecule has 0 saturated heterocycles. The topological polar surface area (TPSA) is 52.6 Å². The van der Waals surface area contributed by atoms with Gasteiger partial charge in [-0.2, -0.15) is 0 Å². The first kappa shape index (κ1) is 8.93. The van der Waals surface area contributed by atoms with E-state index in [1.807, 2.05) is 0 Å². The summed E-state index contributed by atoms with van der Waals surface area (Å²) >= 11 is 0. The molecule has 0 spiro atoms. The largest absolute Gasteiger partial charge is 0.463 e. The highest BCUT2D eigenvalue weighted by Gasteiger charge is 2.13. The lowest BCUT2D eigenvalue weighted by atomic mass is 10.2. The van der Waals surface area contributed by atoms with Crippen LogP contribution in [0.25, 0.3) is 0 Å². The summed E-state index contributed by atoms with van der Waals surface area (Å²) in [5, 5.41) is 0. The molecule has 1 heterocycles. The van der Waals surface area contributed by atoms with Crippen molar-refractivity contribution in [1.29, 1.82) is 0 Å². The SMILES string of the molecule is CC(=O)OC[C@@H]1C=CC(=O)CO1. The molecule has 12 heavy (non-hydrogen) atoms. The van der Waals surface area contributed by atoms with Gasteiger partial charge < -0.3 is 9.47 Å². The van der Waals surface area contributed by atoms with Gasteiger partial charge in [0.15, 0.2) is 5.78 Å². The normalized spacial score (nSPS) is 22.4. The molecule has 0 unspecified atom stereocenters. The minimum absolute atomic E-state index is 0.0610. The Bertz CT molecular complexity index is 219. The molecule has 4 heteroatoms. The average Bonchev–Trinajstić information content (AvgIpc) is 2.03. The molecule has 1 rings (SSSR count). The highest BCUT2D eigenvalue weighted by molar-refractivity contribution is 5.91. The van der Waals surface area contributed by atoms with Crippen molar-refractivity contribution < 1.29 is 19.1 Å². The Morgan fingerprint density at radius 2 is 2.58 bits per heavy atom. The Balaban J connectivity index is 2.30. The lowest BCUT2D eigenvalue weighted by molar-refractivity contribution is -0.144. The number of rotatable bonds is 2. The number of ketones is 1. The fraction of sp³-hybridized carbons (Fsp3) is 0.500. The summed E-state index contributed by atoms with van der Waals surface area (Å²) in [6.45, 7) is 1.58. The third-order valence-electron chi connectivity index (χ3n) is 1.39. The van der Waals surface area contributed by atoms with Crippen LogP contribution in [0.15, 0.2) is 12.2 Å². The zero-order valence-corrected chi connectivity index (χ0v) is 6.78. The van der Waals surface area contributed by atoms with Crippen molar-refractivity contribution in [2.24, 2.45) is 0 Å². The van der Waals surface area contributed by atoms with Crippen molar-refractivity contribution in [2.75, 3.05) is 13.2 Å². The number of carbonyl (C=O) groups excluding carboxylic acids is 2. The summed E-state index contributed by atoms with van der Waals surface area (Å²) in [7, 11) is 0. The van der Waals surface area contributed by atoms with Gasteiger partial charge in [0, 0.05) is 6.92 Å². The monoisotopic (exact) mass is 170 g/mol. The van der Waals surface area contributed by atoms with Crippen LogP contribution in [-0.2, 0) is 19.1 Å². The summed E-state index contributed by atoms with van der Waals surface area (Å²) < 4.78 is 9.72. The molecule has 0 bridgehead atoms. The molecule has 1 aliphatic heterocycles. The molecule has 4 nitrogen and oxygen atoms in total. The Morgan fingerprint density at radius 3 is 3.08 bits per heavy atom. The van der Waals surface area contributed by atoms with E-state index in [0.717, 1.165) is 0 Å². The first-order chi connectivity index (χ1) is 5.68. The van der Waals surface area contributed by atoms with Crippen LogP contribution in [0, 0.1) is 0 Å². The van der Waals surface area contributed by atoms with Crippen LogP contribution in [0.5, 0.6) is 0 Å². The predicted molar refractivity (Wildman–Crippen MR) is 40.5 cm³/mol. The van der Waals surface area contributed by atoms with E-state index in [9.17, 15) is 9.59 Å². The zero-order valence-electron chi connectivity index (χ0n) is 6.78. The van der Waals surface area contributed by atoms with Gasteiger partial charge in [-0.05, 0) is 12.2 Å². The molecule has 1 aliphatic rings. The maximum absolute atomic E-state index is 10.6. The molecule has 0 fully saturated rings. The van der Waals surface area contributed by atoms with Crippen LogP contribution < -0.4 is 0 Å². The molecule has 0 saturated carbocycles. The second-order valence-corrected chi connectivity index (χ2v) is 2.48. The standard InChI is InChI=1S/C8H10O4/c1-6(9)11-5-8-3-2-7(10)4-12-8/h2-3,8H,4-5H2,1H3/t8-/m0/s1. The van der Waals surface area contributed by atoms with Crippen LogP contribution in [0.2, 0.25) is 0 Å². The van der Waals surface area contributed by atoms with Crippen LogP contribution in [0.4, 0.5) is 0 Å². The van der Waals surface area contributed by atoms with Gasteiger partial charge in [-0.1, -0.05) is 0 Å². The van der Waals surface area contributed by atoms with Crippen LogP contribution >= 0.6 is 0 Å². The van der Waals surface area contributed by atoms with Crippen molar-refractivity contribution in [3.63, 3.8) is 0 Å². The van der Waals surface area contributed by atoms with Crippen molar-refractivity contribution >= 4 is 11.8 Å². The fourth-order valence-electron chi connectivity index (χ4n) is 0.811. The molecule has 0 aromatic carbocycles. The Kier molecular flexibility index (Phi) is 2.99. The number of esters is 1. The van der Waals surface area contributed by atoms with Crippen LogP contribution in [-0.4, -0.2) is 31.1 Å². The Hall–Kier alpha value is -1.16. The summed E-state index contributed by atoms with van der Waals surface area (Å²) in [5.41, 5.74) is 0. The van der Waals surface area contributed by atoms with Gasteiger partial charge in [0.2, 0.25) is 0 Å². The molecule has 0 radical (unpaired) electrons. The lowest BCUT2D eigenvalue weighted by Gasteiger charge is -2.15. The van der Waals surface area contributed by atoms with Crippen molar-refractivity contribution in [3.05, 3.63) is 12.2 Å². The summed E-state index contributed by atoms with van der Waals surface area (Å²) in [5.74, 6) is -0.405. The smallest absolute Gasteiger partial charge is 0.302 e. The average molecular weight is 170 g/mol. The van der Waals surface area contributed by atoms with E-state index in [0.29, 0.717) is 0 Å². The predicted octanol–water partition coefficient (Wildman–Crippen LogP) is 0.0736. The van der Waals surface area contributed by atoms with E-state index >= 15 is 0 Å². The van der Waals surface area contributed by atoms with Gasteiger partial charge in [-0.3, -0.25) is 9.59 Å². The van der Waals surface area contributed by atoms with Gasteiger partial charge >= 0.3 is 5.97 Å². The maximum Gasteiger partial charge on any atom is 0.302 e. The van der Waals surface area contributed by atoms with E-state index in [2.05, 4.69) is 0 Å². The molecule has 0 N–H and O–H groups in total. The minimum atomic E-state index is -0.344. The quantitative estimate of drug-likeness (QED) is 0.550. The fourth-order valence-corrected chi connectivity index (χ4v) is 0.811. The molecule has 1 atom stereocenters. The highest BCUT2D eigenvalue weighted by atomic mass is 16.6. The van der Waals surface area contributed by atoms with Crippen molar-refractivity contribution in [2.45, 2.75) is 13.0 Å². The van der Waals surface area contributed by atoms with E-state index in [-0.39, 0.29) is 31.1 Å². The zero-order chi connectivity index (χ0) is 8.97. The van der Waals surface area contributed by atoms with E-state index in [1.165, 1.54) is 13.0 Å². The molecular weight excluding hydrogens is 160 g/mol. The summed E-state index contributed by atoms with van der Waals surface area (Å²) in [4.78, 5) is 21.0. The van der Waals surface area contributed by atoms with Crippen LogP contribution in [0.1, 0.15) is 6.92 Å². The Labute approximate surface area is 70.1 Å². The molecule has 0 amide bonds. The molecule has 66 valence electrons. The second-order valence-electron chi connectivity index (χ2n) is 2.48. The van der Waals surface area contributed by atoms with Gasteiger partial charge in [0.1, 0.15) is 19.3 Å². The molecule has 0 aliphatic carbocycles. The number of hydrogen-bond donors (Lipinski definition) is 0. The summed E-state index contributed by atoms with van der Waals surface area (Å²) in [6.07, 6.45) is 2.76. The second kappa shape index (κ2) is 4.01. The first-order valence-corrected chi connectivity index (χ1v) is 3.64. The molecular formula is C8H10O4. The summed E-state index contributed by atoms with van der Waals surface area (Å²) in [6, 6.07) is 0. The van der Waals surface area contributed by atoms with Crippen LogP contribution in [0.3, 0.4) is 0 Å². The van der Waals surface area contributed by atoms with E-state index < -0.39 is 0 Å². The highest BCUT2D eigenvalue weighted by Crippen LogP contribution is 2.02. The number of carbonyl (C=O) groups is 2. The van der Waals surface area contributed by atoms with Crippen molar-refractivity contribution in [1.82, 2.24) is 0 Å². The van der Waals surface area contributed by atoms with Gasteiger partial charge in [-0.25, -0.2) is 0 Å². The maximum atomic E-state index is 10.6. The van der Waals surface area contributed by atoms with Crippen molar-refractivity contribution in [3.8, 4) is 0 Å². The molecule has 0 aromatic heterocycles. The lowest BCUT2D eigenvalue weighted by Crippen LogP contribution is -2.25. The van der Waals surface area contributed by atoms with Gasteiger partial charge in [0.05, 0.1) is 0 Å². The number of ether oxygens (including phenoxy) is 2. The third-order valence-corrected chi connectivity index (χ3v) is 1.39. The molecule has 0 aromatic rings. The van der Waals surface area contributed by atoms with E-state index in [1.54, 1.807) is 6.08 Å².